The molecule has 0 fully saturated rings. The number of hydrogen-bond donors (Lipinski definition) is 1. The van der Waals surface area contributed by atoms with E-state index < -0.39 is 12.0 Å². The molecule has 4 heteroatoms. The largest absolute Gasteiger partial charge is 0.320 e. The van der Waals surface area contributed by atoms with Crippen molar-refractivity contribution in [2.45, 2.75) is 32.2 Å². The lowest BCUT2D eigenvalue weighted by molar-refractivity contribution is 0.0638. The van der Waals surface area contributed by atoms with E-state index >= 15 is 0 Å². The van der Waals surface area contributed by atoms with Gasteiger partial charge in [0.25, 0.3) is 6.43 Å². The Labute approximate surface area is 96.8 Å². The molecule has 0 heterocycles. The Morgan fingerprint density at radius 1 is 1.47 bits per heavy atom. The minimum absolute atomic E-state index is 0.177. The van der Waals surface area contributed by atoms with Crippen molar-refractivity contribution in [1.82, 2.24) is 0 Å². The molecule has 0 saturated carbocycles. The first-order valence-electron chi connectivity index (χ1n) is 4.65. The van der Waals surface area contributed by atoms with Gasteiger partial charge < -0.3 is 5.73 Å². The van der Waals surface area contributed by atoms with E-state index in [1.807, 2.05) is 25.1 Å². The van der Waals surface area contributed by atoms with Crippen molar-refractivity contribution in [3.8, 4) is 0 Å². The highest BCUT2D eigenvalue weighted by molar-refractivity contribution is 9.10. The van der Waals surface area contributed by atoms with Crippen molar-refractivity contribution in [3.05, 3.63) is 33.8 Å². The minimum Gasteiger partial charge on any atom is -0.320 e. The maximum Gasteiger partial charge on any atom is 0.256 e. The fourth-order valence-corrected chi connectivity index (χ4v) is 1.73. The molecule has 1 atom stereocenters. The smallest absolute Gasteiger partial charge is 0.256 e. The van der Waals surface area contributed by atoms with Gasteiger partial charge in [0.05, 0.1) is 5.54 Å². The van der Waals surface area contributed by atoms with Crippen LogP contribution in [0.2, 0.25) is 0 Å². The van der Waals surface area contributed by atoms with Gasteiger partial charge >= 0.3 is 0 Å². The van der Waals surface area contributed by atoms with Crippen LogP contribution in [-0.4, -0.2) is 12.0 Å². The summed E-state index contributed by atoms with van der Waals surface area (Å²) in [7, 11) is 0. The molecule has 0 aliphatic heterocycles. The van der Waals surface area contributed by atoms with Gasteiger partial charge in [-0.05, 0) is 43.5 Å². The van der Waals surface area contributed by atoms with E-state index in [2.05, 4.69) is 15.9 Å². The molecule has 15 heavy (non-hydrogen) atoms. The number of rotatable bonds is 3. The Morgan fingerprint density at radius 2 is 2.07 bits per heavy atom. The Kier molecular flexibility index (Phi) is 3.84. The zero-order chi connectivity index (χ0) is 11.6. The number of halogens is 3. The number of aryl methyl sites for hydroxylation is 1. The molecule has 0 aliphatic carbocycles. The summed E-state index contributed by atoms with van der Waals surface area (Å²) in [4.78, 5) is 0. The summed E-state index contributed by atoms with van der Waals surface area (Å²) in [6, 6.07) is 5.61. The summed E-state index contributed by atoms with van der Waals surface area (Å²) in [5.41, 5.74) is 5.92. The van der Waals surface area contributed by atoms with Crippen LogP contribution in [0.25, 0.3) is 0 Å². The van der Waals surface area contributed by atoms with Crippen LogP contribution in [0.1, 0.15) is 18.1 Å². The van der Waals surface area contributed by atoms with Gasteiger partial charge in [-0.25, -0.2) is 8.78 Å². The van der Waals surface area contributed by atoms with Crippen LogP contribution in [-0.2, 0) is 6.42 Å². The number of nitrogens with two attached hydrogens (primary N) is 1. The van der Waals surface area contributed by atoms with Gasteiger partial charge in [0.1, 0.15) is 0 Å². The average Bonchev–Trinajstić information content (AvgIpc) is 2.10. The van der Waals surface area contributed by atoms with Crippen LogP contribution in [0.15, 0.2) is 22.7 Å². The second-order valence-corrected chi connectivity index (χ2v) is 4.97. The fourth-order valence-electron chi connectivity index (χ4n) is 1.32. The highest BCUT2D eigenvalue weighted by atomic mass is 79.9. The predicted octanol–water partition coefficient (Wildman–Crippen LogP) is 3.28. The number of alkyl halides is 2. The van der Waals surface area contributed by atoms with E-state index in [1.165, 1.54) is 6.92 Å². The van der Waals surface area contributed by atoms with Crippen molar-refractivity contribution >= 4 is 15.9 Å². The maximum absolute atomic E-state index is 12.6. The molecule has 0 spiro atoms. The van der Waals surface area contributed by atoms with Gasteiger partial charge in [0.15, 0.2) is 0 Å². The molecule has 1 rings (SSSR count). The average molecular weight is 278 g/mol. The van der Waals surface area contributed by atoms with Crippen LogP contribution in [0.4, 0.5) is 8.78 Å². The van der Waals surface area contributed by atoms with Crippen molar-refractivity contribution in [1.29, 1.82) is 0 Å². The summed E-state index contributed by atoms with van der Waals surface area (Å²) < 4.78 is 26.1. The standard InChI is InChI=1S/C11H14BrF2N/c1-7-3-4-9(12)5-8(7)6-11(2,15)10(13)14/h3-5,10H,6,15H2,1-2H3. The molecule has 0 bridgehead atoms. The van der Waals surface area contributed by atoms with Crippen LogP contribution in [0.3, 0.4) is 0 Å². The summed E-state index contributed by atoms with van der Waals surface area (Å²) in [6.07, 6.45) is -2.34. The normalized spacial score (nSPS) is 15.4. The highest BCUT2D eigenvalue weighted by Gasteiger charge is 2.30. The topological polar surface area (TPSA) is 26.0 Å². The van der Waals surface area contributed by atoms with Crippen molar-refractivity contribution < 1.29 is 8.78 Å². The van der Waals surface area contributed by atoms with Gasteiger partial charge in [-0.2, -0.15) is 0 Å². The molecular weight excluding hydrogens is 264 g/mol. The van der Waals surface area contributed by atoms with Crippen LogP contribution < -0.4 is 5.73 Å². The molecule has 0 saturated heterocycles. The molecule has 84 valence electrons. The first-order chi connectivity index (χ1) is 6.83. The molecule has 1 aromatic rings. The van der Waals surface area contributed by atoms with Crippen LogP contribution in [0, 0.1) is 6.92 Å². The zero-order valence-corrected chi connectivity index (χ0v) is 10.3. The number of hydrogen-bond acceptors (Lipinski definition) is 1. The fraction of sp³-hybridized carbons (Fsp3) is 0.455. The predicted molar refractivity (Wildman–Crippen MR) is 61.2 cm³/mol. The van der Waals surface area contributed by atoms with E-state index in [1.54, 1.807) is 0 Å². The number of benzene rings is 1. The van der Waals surface area contributed by atoms with Crippen LogP contribution in [0.5, 0.6) is 0 Å². The lowest BCUT2D eigenvalue weighted by atomic mass is 9.92. The third kappa shape index (κ3) is 3.24. The quantitative estimate of drug-likeness (QED) is 0.902. The van der Waals surface area contributed by atoms with Crippen molar-refractivity contribution in [2.24, 2.45) is 5.73 Å². The lowest BCUT2D eigenvalue weighted by Crippen LogP contribution is -2.46. The Hall–Kier alpha value is -0.480. The Bertz CT molecular complexity index is 350. The molecular formula is C11H14BrF2N. The second kappa shape index (κ2) is 4.58. The molecule has 1 nitrogen and oxygen atoms in total. The molecule has 0 aliphatic rings. The molecule has 2 N–H and O–H groups in total. The Balaban J connectivity index is 2.94. The van der Waals surface area contributed by atoms with Gasteiger partial charge in [-0.3, -0.25) is 0 Å². The first-order valence-corrected chi connectivity index (χ1v) is 5.44. The van der Waals surface area contributed by atoms with Crippen molar-refractivity contribution in [2.75, 3.05) is 0 Å². The van der Waals surface area contributed by atoms with E-state index in [0.717, 1.165) is 15.6 Å². The highest BCUT2D eigenvalue weighted by Crippen LogP contribution is 2.23. The summed E-state index contributed by atoms with van der Waals surface area (Å²) in [6.45, 7) is 3.27. The SMILES string of the molecule is Cc1ccc(Br)cc1CC(C)(N)C(F)F. The third-order valence-corrected chi connectivity index (χ3v) is 2.87. The summed E-state index contributed by atoms with van der Waals surface area (Å²) >= 11 is 3.31. The maximum atomic E-state index is 12.6. The molecule has 0 aromatic heterocycles. The van der Waals surface area contributed by atoms with E-state index in [-0.39, 0.29) is 6.42 Å². The first kappa shape index (κ1) is 12.6. The van der Waals surface area contributed by atoms with Crippen LogP contribution >= 0.6 is 15.9 Å². The molecule has 0 amide bonds. The third-order valence-electron chi connectivity index (χ3n) is 2.38. The molecule has 1 aromatic carbocycles. The monoisotopic (exact) mass is 277 g/mol. The van der Waals surface area contributed by atoms with Gasteiger partial charge in [-0.1, -0.05) is 22.0 Å². The molecule has 0 radical (unpaired) electrons. The second-order valence-electron chi connectivity index (χ2n) is 4.05. The summed E-state index contributed by atoms with van der Waals surface area (Å²) in [5.74, 6) is 0. The Morgan fingerprint density at radius 3 is 2.60 bits per heavy atom. The van der Waals surface area contributed by atoms with E-state index in [0.29, 0.717) is 0 Å². The van der Waals surface area contributed by atoms with E-state index in [9.17, 15) is 8.78 Å². The van der Waals surface area contributed by atoms with E-state index in [4.69, 9.17) is 5.73 Å². The van der Waals surface area contributed by atoms with Crippen molar-refractivity contribution in [3.63, 3.8) is 0 Å². The minimum atomic E-state index is -2.52. The zero-order valence-electron chi connectivity index (χ0n) is 8.73. The van der Waals surface area contributed by atoms with Gasteiger partial charge in [0.2, 0.25) is 0 Å². The molecule has 1 unspecified atom stereocenters. The van der Waals surface area contributed by atoms with Gasteiger partial charge in [-0.15, -0.1) is 0 Å². The van der Waals surface area contributed by atoms with Gasteiger partial charge in [0, 0.05) is 4.47 Å². The lowest BCUT2D eigenvalue weighted by Gasteiger charge is -2.24. The summed E-state index contributed by atoms with van der Waals surface area (Å²) in [5, 5.41) is 0.